The fourth-order valence-corrected chi connectivity index (χ4v) is 5.07. The van der Waals surface area contributed by atoms with Crippen molar-refractivity contribution >= 4 is 40.8 Å². The molecule has 1 N–H and O–H groups in total. The van der Waals surface area contributed by atoms with E-state index in [2.05, 4.69) is 9.88 Å². The Kier molecular flexibility index (Phi) is 9.72. The molecule has 1 fully saturated rings. The van der Waals surface area contributed by atoms with Crippen molar-refractivity contribution in [1.82, 2.24) is 14.8 Å². The molecule has 0 radical (unpaired) electrons. The third-order valence-corrected chi connectivity index (χ3v) is 7.37. The van der Waals surface area contributed by atoms with Crippen molar-refractivity contribution in [1.29, 1.82) is 0 Å². The molecule has 2 heterocycles. The van der Waals surface area contributed by atoms with Crippen LogP contribution in [0.4, 0.5) is 23.4 Å². The summed E-state index contributed by atoms with van der Waals surface area (Å²) in [5, 5.41) is 10.3. The Balaban J connectivity index is 1.56. The maximum atomic E-state index is 13.9. The lowest BCUT2D eigenvalue weighted by Gasteiger charge is -2.34. The van der Waals surface area contributed by atoms with Gasteiger partial charge in [-0.25, -0.2) is 9.37 Å². The average molecular weight is 593 g/mol. The number of carbonyl (C=O) groups is 2. The summed E-state index contributed by atoms with van der Waals surface area (Å²) in [6, 6.07) is 5.36. The zero-order chi connectivity index (χ0) is 29.1. The summed E-state index contributed by atoms with van der Waals surface area (Å²) < 4.78 is 55.4. The van der Waals surface area contributed by atoms with E-state index in [1.54, 1.807) is 26.2 Å². The lowest BCUT2D eigenvalue weighted by molar-refractivity contribution is -0.261. The minimum atomic E-state index is -5.39. The zero-order valence-electron chi connectivity index (χ0n) is 21.7. The molecule has 0 spiro atoms. The highest BCUT2D eigenvalue weighted by atomic mass is 35.5. The molecule has 0 saturated carbocycles. The number of aromatic nitrogens is 1. The fraction of sp³-hybridized carbons (Fsp3) is 0.500. The third kappa shape index (κ3) is 6.93. The molecule has 7 nitrogen and oxygen atoms in total. The number of halogens is 6. The normalized spacial score (nSPS) is 16.1. The number of hydrogen-bond donors (Lipinski definition) is 1. The maximum Gasteiger partial charge on any atom is 0.430 e. The molecule has 0 unspecified atom stereocenters. The summed E-state index contributed by atoms with van der Waals surface area (Å²) in [6.45, 7) is 1.33. The molecular weight excluding hydrogens is 563 g/mol. The van der Waals surface area contributed by atoms with Gasteiger partial charge in [-0.1, -0.05) is 23.2 Å². The molecule has 0 aliphatic carbocycles. The SMILES string of the molecule is CN(C)C(=O)c1ccc(N2CCC(CCCN(C)C(=O)[C@@](O)(c3cc(F)cc(Cl)c3)C(F)(F)F)CC2)nc1Cl. The maximum absolute atomic E-state index is 13.9. The van der Waals surface area contributed by atoms with E-state index in [0.717, 1.165) is 29.9 Å². The summed E-state index contributed by atoms with van der Waals surface area (Å²) in [6.07, 6.45) is -2.73. The van der Waals surface area contributed by atoms with Crippen molar-refractivity contribution in [3.05, 3.63) is 57.5 Å². The van der Waals surface area contributed by atoms with Crippen LogP contribution in [-0.4, -0.2) is 78.7 Å². The summed E-state index contributed by atoms with van der Waals surface area (Å²) in [7, 11) is 4.42. The first-order valence-electron chi connectivity index (χ1n) is 12.3. The first-order chi connectivity index (χ1) is 18.1. The third-order valence-electron chi connectivity index (χ3n) is 6.86. The van der Waals surface area contributed by atoms with Gasteiger partial charge in [-0.15, -0.1) is 0 Å². The molecule has 2 amide bonds. The number of piperidine rings is 1. The number of carbonyl (C=O) groups excluding carboxylic acids is 2. The van der Waals surface area contributed by atoms with Gasteiger partial charge < -0.3 is 19.8 Å². The van der Waals surface area contributed by atoms with E-state index in [1.807, 2.05) is 0 Å². The predicted molar refractivity (Wildman–Crippen MR) is 140 cm³/mol. The second-order valence-corrected chi connectivity index (χ2v) is 10.7. The van der Waals surface area contributed by atoms with E-state index >= 15 is 0 Å². The number of anilines is 1. The second kappa shape index (κ2) is 12.3. The smallest absolute Gasteiger partial charge is 0.368 e. The molecule has 1 saturated heterocycles. The number of rotatable bonds is 8. The molecule has 1 aromatic carbocycles. The highest BCUT2D eigenvalue weighted by molar-refractivity contribution is 6.32. The van der Waals surface area contributed by atoms with Crippen LogP contribution in [0.15, 0.2) is 30.3 Å². The van der Waals surface area contributed by atoms with Crippen LogP contribution in [0.5, 0.6) is 0 Å². The largest absolute Gasteiger partial charge is 0.430 e. The van der Waals surface area contributed by atoms with E-state index in [-0.39, 0.29) is 28.5 Å². The van der Waals surface area contributed by atoms with Crippen LogP contribution in [0.3, 0.4) is 0 Å². The molecule has 0 bridgehead atoms. The van der Waals surface area contributed by atoms with Crippen LogP contribution in [-0.2, 0) is 10.4 Å². The van der Waals surface area contributed by atoms with Gasteiger partial charge in [-0.2, -0.15) is 13.2 Å². The molecule has 39 heavy (non-hydrogen) atoms. The van der Waals surface area contributed by atoms with Gasteiger partial charge in [-0.05, 0) is 61.9 Å². The molecule has 1 aromatic heterocycles. The summed E-state index contributed by atoms with van der Waals surface area (Å²) in [4.78, 5) is 33.6. The second-order valence-electron chi connectivity index (χ2n) is 9.87. The van der Waals surface area contributed by atoms with E-state index in [4.69, 9.17) is 23.2 Å². The van der Waals surface area contributed by atoms with E-state index in [9.17, 15) is 32.3 Å². The molecule has 1 aliphatic rings. The number of pyridine rings is 1. The number of alkyl halides is 3. The molecule has 1 aliphatic heterocycles. The average Bonchev–Trinajstić information content (AvgIpc) is 2.86. The number of likely N-dealkylation sites (N-methyl/N-ethyl adjacent to an activating group) is 1. The van der Waals surface area contributed by atoms with Gasteiger partial charge in [0.25, 0.3) is 17.4 Å². The monoisotopic (exact) mass is 592 g/mol. The quantitative estimate of drug-likeness (QED) is 0.339. The summed E-state index contributed by atoms with van der Waals surface area (Å²) in [5.74, 6) is -2.01. The Morgan fingerprint density at radius 1 is 1.10 bits per heavy atom. The van der Waals surface area contributed by atoms with Crippen molar-refractivity contribution in [2.45, 2.75) is 37.5 Å². The highest BCUT2D eigenvalue weighted by Gasteiger charge is 2.61. The van der Waals surface area contributed by atoms with Crippen molar-refractivity contribution < 1.29 is 32.3 Å². The van der Waals surface area contributed by atoms with Gasteiger partial charge in [0.15, 0.2) is 0 Å². The van der Waals surface area contributed by atoms with E-state index in [0.29, 0.717) is 43.4 Å². The minimum absolute atomic E-state index is 0.0288. The molecular formula is C26H30Cl2F4N4O3. The van der Waals surface area contributed by atoms with Crippen LogP contribution in [0, 0.1) is 11.7 Å². The molecule has 1 atom stereocenters. The van der Waals surface area contributed by atoms with Crippen molar-refractivity contribution in [2.24, 2.45) is 5.92 Å². The van der Waals surface area contributed by atoms with Gasteiger partial charge in [0.1, 0.15) is 16.8 Å². The molecule has 2 aromatic rings. The van der Waals surface area contributed by atoms with Gasteiger partial charge in [0.05, 0.1) is 5.56 Å². The highest BCUT2D eigenvalue weighted by Crippen LogP contribution is 2.41. The zero-order valence-corrected chi connectivity index (χ0v) is 23.2. The number of hydrogen-bond acceptors (Lipinski definition) is 5. The van der Waals surface area contributed by atoms with Gasteiger partial charge >= 0.3 is 6.18 Å². The van der Waals surface area contributed by atoms with Crippen LogP contribution in [0.1, 0.15) is 41.6 Å². The van der Waals surface area contributed by atoms with Crippen LogP contribution in [0.25, 0.3) is 0 Å². The van der Waals surface area contributed by atoms with Crippen molar-refractivity contribution in [2.75, 3.05) is 45.7 Å². The first kappa shape index (κ1) is 30.9. The topological polar surface area (TPSA) is 77.0 Å². The Labute approximate surface area is 234 Å². The van der Waals surface area contributed by atoms with Crippen LogP contribution < -0.4 is 4.90 Å². The Bertz CT molecular complexity index is 1190. The van der Waals surface area contributed by atoms with Crippen molar-refractivity contribution in [3.8, 4) is 0 Å². The fourth-order valence-electron chi connectivity index (χ4n) is 4.62. The molecule has 214 valence electrons. The molecule has 3 rings (SSSR count). The number of amides is 2. The van der Waals surface area contributed by atoms with Crippen molar-refractivity contribution in [3.63, 3.8) is 0 Å². The lowest BCUT2D eigenvalue weighted by atomic mass is 9.90. The minimum Gasteiger partial charge on any atom is -0.368 e. The number of nitrogens with zero attached hydrogens (tertiary/aromatic N) is 4. The Morgan fingerprint density at radius 2 is 1.74 bits per heavy atom. The standard InChI is InChI=1S/C26H30Cl2F4N4O3/c1-34(2)23(37)20-6-7-21(33-22(20)28)36-11-8-16(9-12-36)5-4-10-35(3)24(38)25(39,26(30,31)32)17-13-18(27)15-19(29)14-17/h6-7,13-16,39H,4-5,8-12H2,1-3H3/t25-/m0/s1. The Morgan fingerprint density at radius 3 is 2.28 bits per heavy atom. The Hall–Kier alpha value is -2.63. The summed E-state index contributed by atoms with van der Waals surface area (Å²) in [5.41, 5.74) is -4.59. The van der Waals surface area contributed by atoms with Crippen LogP contribution >= 0.6 is 23.2 Å². The number of benzene rings is 1. The molecule has 13 heteroatoms. The lowest BCUT2D eigenvalue weighted by Crippen LogP contribution is -2.55. The van der Waals surface area contributed by atoms with Crippen LogP contribution in [0.2, 0.25) is 10.2 Å². The summed E-state index contributed by atoms with van der Waals surface area (Å²) >= 11 is 11.9. The first-order valence-corrected chi connectivity index (χ1v) is 13.0. The van der Waals surface area contributed by atoms with Gasteiger partial charge in [0.2, 0.25) is 0 Å². The van der Waals surface area contributed by atoms with E-state index < -0.39 is 29.1 Å². The number of aliphatic hydroxyl groups is 1. The van der Waals surface area contributed by atoms with Gasteiger partial charge in [0, 0.05) is 51.4 Å². The van der Waals surface area contributed by atoms with Gasteiger partial charge in [-0.3, -0.25) is 9.59 Å². The van der Waals surface area contributed by atoms with E-state index in [1.165, 1.54) is 11.9 Å². The predicted octanol–water partition coefficient (Wildman–Crippen LogP) is 5.13.